The Hall–Kier alpha value is -1.59. The summed E-state index contributed by atoms with van der Waals surface area (Å²) in [6, 6.07) is 9.16. The minimum absolute atomic E-state index is 0.0325. The largest absolute Gasteiger partial charge is 0.358 e. The van der Waals surface area contributed by atoms with Crippen molar-refractivity contribution in [2.24, 2.45) is 0 Å². The Morgan fingerprint density at radius 3 is 2.61 bits per heavy atom. The van der Waals surface area contributed by atoms with Crippen LogP contribution in [0.2, 0.25) is 5.02 Å². The van der Waals surface area contributed by atoms with Crippen LogP contribution < -0.4 is 4.18 Å². The number of benzene rings is 1. The minimum atomic E-state index is -3.87. The van der Waals surface area contributed by atoms with Crippen molar-refractivity contribution in [1.29, 1.82) is 0 Å². The number of pyridine rings is 1. The molecule has 1 aromatic carbocycles. The van der Waals surface area contributed by atoms with Gasteiger partial charge in [-0.3, -0.25) is 0 Å². The molecular weight excluding hydrogens is 274 g/mol. The smallest absolute Gasteiger partial charge is 0.340 e. The summed E-state index contributed by atoms with van der Waals surface area (Å²) in [5, 5.41) is 0.506. The average molecular weight is 284 g/mol. The second-order valence-electron chi connectivity index (χ2n) is 3.62. The van der Waals surface area contributed by atoms with E-state index in [-0.39, 0.29) is 10.8 Å². The third kappa shape index (κ3) is 2.80. The average Bonchev–Trinajstić information content (AvgIpc) is 2.33. The molecule has 0 aliphatic heterocycles. The molecule has 0 aliphatic rings. The lowest BCUT2D eigenvalue weighted by Crippen LogP contribution is -2.10. The van der Waals surface area contributed by atoms with E-state index in [1.54, 1.807) is 19.1 Å². The van der Waals surface area contributed by atoms with Crippen molar-refractivity contribution in [1.82, 2.24) is 4.98 Å². The zero-order valence-corrected chi connectivity index (χ0v) is 11.1. The van der Waals surface area contributed by atoms with E-state index in [0.717, 1.165) is 0 Å². The molecule has 6 heteroatoms. The van der Waals surface area contributed by atoms with Gasteiger partial charge in [0.1, 0.15) is 4.90 Å². The Morgan fingerprint density at radius 1 is 1.22 bits per heavy atom. The zero-order valence-electron chi connectivity index (χ0n) is 9.50. The Bertz CT molecular complexity index is 656. The molecule has 94 valence electrons. The second kappa shape index (κ2) is 4.96. The number of hydrogen-bond acceptors (Lipinski definition) is 4. The molecule has 0 radical (unpaired) electrons. The van der Waals surface area contributed by atoms with Crippen LogP contribution >= 0.6 is 11.6 Å². The number of halogens is 1. The second-order valence-corrected chi connectivity index (χ2v) is 5.57. The van der Waals surface area contributed by atoms with E-state index >= 15 is 0 Å². The van der Waals surface area contributed by atoms with E-state index in [9.17, 15) is 8.42 Å². The van der Waals surface area contributed by atoms with Gasteiger partial charge in [0.2, 0.25) is 5.88 Å². The number of nitrogens with zero attached hydrogens (tertiary/aromatic N) is 1. The molecule has 0 fully saturated rings. The van der Waals surface area contributed by atoms with Crippen molar-refractivity contribution in [3.8, 4) is 5.88 Å². The highest BCUT2D eigenvalue weighted by Crippen LogP contribution is 2.21. The summed E-state index contributed by atoms with van der Waals surface area (Å²) in [5.74, 6) is 0.0325. The molecule has 1 aromatic heterocycles. The number of aromatic nitrogens is 1. The Labute approximate surface area is 110 Å². The quantitative estimate of drug-likeness (QED) is 0.813. The minimum Gasteiger partial charge on any atom is -0.358 e. The van der Waals surface area contributed by atoms with Gasteiger partial charge < -0.3 is 4.18 Å². The van der Waals surface area contributed by atoms with E-state index in [1.807, 2.05) is 0 Å². The lowest BCUT2D eigenvalue weighted by molar-refractivity contribution is 0.476. The van der Waals surface area contributed by atoms with Gasteiger partial charge in [-0.25, -0.2) is 4.98 Å². The fourth-order valence-electron chi connectivity index (χ4n) is 1.33. The molecular formula is C12H10ClNO3S. The molecule has 0 saturated heterocycles. The Balaban J connectivity index is 2.34. The van der Waals surface area contributed by atoms with Crippen molar-refractivity contribution >= 4 is 21.7 Å². The summed E-state index contributed by atoms with van der Waals surface area (Å²) in [4.78, 5) is 3.85. The molecule has 18 heavy (non-hydrogen) atoms. The predicted octanol–water partition coefficient (Wildman–Crippen LogP) is 2.81. The summed E-state index contributed by atoms with van der Waals surface area (Å²) in [5.41, 5.74) is 0.669. The Kier molecular flexibility index (Phi) is 3.54. The highest BCUT2D eigenvalue weighted by molar-refractivity contribution is 7.87. The maximum atomic E-state index is 12.0. The molecule has 4 nitrogen and oxygen atoms in total. The van der Waals surface area contributed by atoms with Gasteiger partial charge in [-0.1, -0.05) is 17.7 Å². The van der Waals surface area contributed by atoms with Crippen LogP contribution in [0.15, 0.2) is 47.5 Å². The first-order valence-electron chi connectivity index (χ1n) is 5.11. The fourth-order valence-corrected chi connectivity index (χ4v) is 2.42. The molecule has 0 N–H and O–H groups in total. The molecule has 0 spiro atoms. The number of aryl methyl sites for hydroxylation is 1. The van der Waals surface area contributed by atoms with Gasteiger partial charge >= 0.3 is 10.1 Å². The summed E-state index contributed by atoms with van der Waals surface area (Å²) in [6.07, 6.45) is 1.46. The molecule has 0 bridgehead atoms. The van der Waals surface area contributed by atoms with Crippen LogP contribution in [0.4, 0.5) is 0 Å². The van der Waals surface area contributed by atoms with Crippen LogP contribution in [0.5, 0.6) is 5.88 Å². The first-order chi connectivity index (χ1) is 8.49. The van der Waals surface area contributed by atoms with Crippen molar-refractivity contribution < 1.29 is 12.6 Å². The maximum absolute atomic E-state index is 12.0. The zero-order chi connectivity index (χ0) is 13.2. The van der Waals surface area contributed by atoms with Gasteiger partial charge in [0, 0.05) is 17.3 Å². The first kappa shape index (κ1) is 12.9. The third-order valence-electron chi connectivity index (χ3n) is 2.25. The number of rotatable bonds is 3. The monoisotopic (exact) mass is 283 g/mol. The Morgan fingerprint density at radius 2 is 2.00 bits per heavy atom. The van der Waals surface area contributed by atoms with Crippen LogP contribution in [0, 0.1) is 6.92 Å². The number of hydrogen-bond donors (Lipinski definition) is 0. The summed E-state index contributed by atoms with van der Waals surface area (Å²) in [7, 11) is -3.87. The normalized spacial score (nSPS) is 11.2. The molecule has 2 aromatic rings. The van der Waals surface area contributed by atoms with Crippen molar-refractivity contribution in [2.45, 2.75) is 11.8 Å². The summed E-state index contributed by atoms with van der Waals surface area (Å²) < 4.78 is 28.8. The van der Waals surface area contributed by atoms with Gasteiger partial charge in [0.15, 0.2) is 0 Å². The summed E-state index contributed by atoms with van der Waals surface area (Å²) in [6.45, 7) is 1.72. The third-order valence-corrected chi connectivity index (χ3v) is 3.90. The van der Waals surface area contributed by atoms with E-state index in [1.165, 1.54) is 30.5 Å². The van der Waals surface area contributed by atoms with Crippen LogP contribution in [-0.2, 0) is 10.1 Å². The van der Waals surface area contributed by atoms with Crippen molar-refractivity contribution in [2.75, 3.05) is 0 Å². The molecule has 0 amide bonds. The highest BCUT2D eigenvalue weighted by atomic mass is 35.5. The van der Waals surface area contributed by atoms with Gasteiger partial charge in [0.25, 0.3) is 0 Å². The lowest BCUT2D eigenvalue weighted by atomic mass is 10.2. The fraction of sp³-hybridized carbons (Fsp3) is 0.0833. The van der Waals surface area contributed by atoms with Crippen LogP contribution in [0.25, 0.3) is 0 Å². The van der Waals surface area contributed by atoms with Crippen LogP contribution in [0.1, 0.15) is 5.56 Å². The molecule has 0 saturated carbocycles. The van der Waals surface area contributed by atoms with Gasteiger partial charge in [-0.2, -0.15) is 8.42 Å². The van der Waals surface area contributed by atoms with E-state index in [0.29, 0.717) is 10.6 Å². The predicted molar refractivity (Wildman–Crippen MR) is 68.2 cm³/mol. The maximum Gasteiger partial charge on any atom is 0.340 e. The van der Waals surface area contributed by atoms with E-state index in [4.69, 9.17) is 15.8 Å². The first-order valence-corrected chi connectivity index (χ1v) is 6.89. The topological polar surface area (TPSA) is 56.3 Å². The van der Waals surface area contributed by atoms with E-state index < -0.39 is 10.1 Å². The van der Waals surface area contributed by atoms with Gasteiger partial charge in [-0.05, 0) is 36.8 Å². The highest BCUT2D eigenvalue weighted by Gasteiger charge is 2.17. The molecule has 0 aliphatic carbocycles. The van der Waals surface area contributed by atoms with Crippen molar-refractivity contribution in [3.63, 3.8) is 0 Å². The van der Waals surface area contributed by atoms with Gasteiger partial charge in [-0.15, -0.1) is 0 Å². The molecule has 2 rings (SSSR count). The van der Waals surface area contributed by atoms with E-state index in [2.05, 4.69) is 4.98 Å². The molecule has 0 unspecified atom stereocenters. The van der Waals surface area contributed by atoms with Gasteiger partial charge in [0.05, 0.1) is 0 Å². The molecule has 0 atom stereocenters. The van der Waals surface area contributed by atoms with Crippen molar-refractivity contribution in [3.05, 3.63) is 53.2 Å². The lowest BCUT2D eigenvalue weighted by Gasteiger charge is -2.07. The standard InChI is InChI=1S/C12H10ClNO3S/c1-9-8-10(5-6-11(9)13)18(15,16)17-12-4-2-3-7-14-12/h2-8H,1H3. The molecule has 1 heterocycles. The SMILES string of the molecule is Cc1cc(S(=O)(=O)Oc2ccccn2)ccc1Cl. The van der Waals surface area contributed by atoms with Crippen LogP contribution in [-0.4, -0.2) is 13.4 Å². The van der Waals surface area contributed by atoms with Crippen LogP contribution in [0.3, 0.4) is 0 Å². The summed E-state index contributed by atoms with van der Waals surface area (Å²) >= 11 is 5.84.